The summed E-state index contributed by atoms with van der Waals surface area (Å²) in [6.07, 6.45) is 0. The van der Waals surface area contributed by atoms with Crippen molar-refractivity contribution in [1.29, 1.82) is 0 Å². The van der Waals surface area contributed by atoms with Gasteiger partial charge in [-0.15, -0.1) is 0 Å². The highest BCUT2D eigenvalue weighted by Crippen LogP contribution is 2.16. The van der Waals surface area contributed by atoms with Gasteiger partial charge in [0.2, 0.25) is 0 Å². The summed E-state index contributed by atoms with van der Waals surface area (Å²) in [5, 5.41) is 2.83. The summed E-state index contributed by atoms with van der Waals surface area (Å²) in [5.74, 6) is 0.333. The van der Waals surface area contributed by atoms with Crippen LogP contribution in [0.3, 0.4) is 0 Å². The van der Waals surface area contributed by atoms with Crippen LogP contribution in [0.4, 0.5) is 5.69 Å². The Morgan fingerprint density at radius 2 is 1.61 bits per heavy atom. The third-order valence-electron chi connectivity index (χ3n) is 4.33. The first kappa shape index (κ1) is 19.2. The second kappa shape index (κ2) is 8.86. The van der Waals surface area contributed by atoms with Crippen LogP contribution >= 0.6 is 0 Å². The number of hydrogen-bond acceptors (Lipinski definition) is 3. The lowest BCUT2D eigenvalue weighted by Gasteiger charge is -2.18. The molecule has 28 heavy (non-hydrogen) atoms. The molecule has 2 amide bonds. The molecule has 0 aromatic heterocycles. The molecule has 1 N–H and O–H groups in total. The number of anilines is 1. The SMILES string of the molecule is COc1ccc(C(=O)Nc2cccc(C(=O)N(C)Cc3ccccc3)c2)cc1. The van der Waals surface area contributed by atoms with Crippen molar-refractivity contribution < 1.29 is 14.3 Å². The van der Waals surface area contributed by atoms with Crippen LogP contribution in [0, 0.1) is 0 Å². The van der Waals surface area contributed by atoms with E-state index in [9.17, 15) is 9.59 Å². The highest BCUT2D eigenvalue weighted by Gasteiger charge is 2.13. The van der Waals surface area contributed by atoms with Crippen molar-refractivity contribution in [3.8, 4) is 5.75 Å². The molecule has 3 rings (SSSR count). The second-order valence-corrected chi connectivity index (χ2v) is 6.41. The smallest absolute Gasteiger partial charge is 0.255 e. The van der Waals surface area contributed by atoms with Crippen molar-refractivity contribution in [1.82, 2.24) is 4.90 Å². The molecular weight excluding hydrogens is 352 g/mol. The number of methoxy groups -OCH3 is 1. The number of carbonyl (C=O) groups excluding carboxylic acids is 2. The molecular formula is C23H22N2O3. The van der Waals surface area contributed by atoms with Crippen LogP contribution in [0.1, 0.15) is 26.3 Å². The number of hydrogen-bond donors (Lipinski definition) is 1. The van der Waals surface area contributed by atoms with Crippen molar-refractivity contribution in [2.45, 2.75) is 6.54 Å². The van der Waals surface area contributed by atoms with Gasteiger partial charge in [-0.1, -0.05) is 36.4 Å². The lowest BCUT2D eigenvalue weighted by Crippen LogP contribution is -2.26. The lowest BCUT2D eigenvalue weighted by molar-refractivity contribution is 0.0784. The Kier molecular flexibility index (Phi) is 6.07. The van der Waals surface area contributed by atoms with E-state index in [1.54, 1.807) is 67.6 Å². The number of nitrogens with zero attached hydrogens (tertiary/aromatic N) is 1. The maximum Gasteiger partial charge on any atom is 0.255 e. The average molecular weight is 374 g/mol. The van der Waals surface area contributed by atoms with Gasteiger partial charge in [0, 0.05) is 30.4 Å². The van der Waals surface area contributed by atoms with Crippen molar-refractivity contribution in [2.24, 2.45) is 0 Å². The van der Waals surface area contributed by atoms with E-state index in [2.05, 4.69) is 5.32 Å². The zero-order chi connectivity index (χ0) is 19.9. The zero-order valence-corrected chi connectivity index (χ0v) is 15.9. The third kappa shape index (κ3) is 4.76. The second-order valence-electron chi connectivity index (χ2n) is 6.41. The number of ether oxygens (including phenoxy) is 1. The number of rotatable bonds is 6. The van der Waals surface area contributed by atoms with Gasteiger partial charge < -0.3 is 15.0 Å². The summed E-state index contributed by atoms with van der Waals surface area (Å²) in [7, 11) is 3.34. The number of carbonyl (C=O) groups is 2. The van der Waals surface area contributed by atoms with Crippen molar-refractivity contribution in [3.63, 3.8) is 0 Å². The normalized spacial score (nSPS) is 10.2. The fourth-order valence-electron chi connectivity index (χ4n) is 2.83. The van der Waals surface area contributed by atoms with Crippen LogP contribution in [0.5, 0.6) is 5.75 Å². The first-order valence-corrected chi connectivity index (χ1v) is 8.91. The molecule has 3 aromatic rings. The van der Waals surface area contributed by atoms with E-state index in [-0.39, 0.29) is 11.8 Å². The predicted octanol–water partition coefficient (Wildman–Crippen LogP) is 4.22. The maximum atomic E-state index is 12.7. The summed E-state index contributed by atoms with van der Waals surface area (Å²) in [6.45, 7) is 0.516. The minimum absolute atomic E-state index is 0.107. The van der Waals surface area contributed by atoms with Crippen LogP contribution in [-0.2, 0) is 6.54 Å². The largest absolute Gasteiger partial charge is 0.497 e. The Balaban J connectivity index is 1.68. The predicted molar refractivity (Wildman–Crippen MR) is 110 cm³/mol. The Bertz CT molecular complexity index is 953. The number of amides is 2. The Labute approximate surface area is 164 Å². The van der Waals surface area contributed by atoms with E-state index in [1.165, 1.54) is 0 Å². The summed E-state index contributed by atoms with van der Waals surface area (Å²) in [4.78, 5) is 26.8. The molecule has 0 spiro atoms. The molecule has 0 atom stereocenters. The third-order valence-corrected chi connectivity index (χ3v) is 4.33. The molecule has 0 unspecified atom stereocenters. The molecule has 0 bridgehead atoms. The van der Waals surface area contributed by atoms with E-state index in [1.807, 2.05) is 30.3 Å². The van der Waals surface area contributed by atoms with Crippen molar-refractivity contribution >= 4 is 17.5 Å². The maximum absolute atomic E-state index is 12.7. The van der Waals surface area contributed by atoms with Gasteiger partial charge in [-0.25, -0.2) is 0 Å². The van der Waals surface area contributed by atoms with E-state index < -0.39 is 0 Å². The Morgan fingerprint density at radius 1 is 0.893 bits per heavy atom. The molecule has 0 saturated carbocycles. The van der Waals surface area contributed by atoms with Gasteiger partial charge in [0.1, 0.15) is 5.75 Å². The molecule has 5 heteroatoms. The molecule has 142 valence electrons. The van der Waals surface area contributed by atoms with E-state index >= 15 is 0 Å². The first-order chi connectivity index (χ1) is 13.6. The quantitative estimate of drug-likeness (QED) is 0.703. The molecule has 3 aromatic carbocycles. The number of nitrogens with one attached hydrogen (secondary N) is 1. The van der Waals surface area contributed by atoms with Gasteiger partial charge in [-0.2, -0.15) is 0 Å². The van der Waals surface area contributed by atoms with E-state index in [0.717, 1.165) is 5.56 Å². The molecule has 0 saturated heterocycles. The summed E-state index contributed by atoms with van der Waals surface area (Å²) < 4.78 is 5.10. The standard InChI is InChI=1S/C23H22N2O3/c1-25(16-17-7-4-3-5-8-17)23(27)19-9-6-10-20(15-19)24-22(26)18-11-13-21(28-2)14-12-18/h3-15H,16H2,1-2H3,(H,24,26). The van der Waals surface area contributed by atoms with Crippen molar-refractivity contribution in [3.05, 3.63) is 95.6 Å². The summed E-state index contributed by atoms with van der Waals surface area (Å²) in [6, 6.07) is 23.6. The van der Waals surface area contributed by atoms with Gasteiger partial charge in [0.15, 0.2) is 0 Å². The zero-order valence-electron chi connectivity index (χ0n) is 15.9. The van der Waals surface area contributed by atoms with Gasteiger partial charge in [0.05, 0.1) is 7.11 Å². The minimum Gasteiger partial charge on any atom is -0.497 e. The Hall–Kier alpha value is -3.60. The van der Waals surface area contributed by atoms with Crippen LogP contribution in [0.15, 0.2) is 78.9 Å². The highest BCUT2D eigenvalue weighted by molar-refractivity contribution is 6.05. The summed E-state index contributed by atoms with van der Waals surface area (Å²) >= 11 is 0. The van der Waals surface area contributed by atoms with Crippen LogP contribution in [0.2, 0.25) is 0 Å². The molecule has 0 aliphatic carbocycles. The monoisotopic (exact) mass is 374 g/mol. The fraction of sp³-hybridized carbons (Fsp3) is 0.130. The molecule has 0 radical (unpaired) electrons. The number of benzene rings is 3. The molecule has 0 aliphatic heterocycles. The van der Waals surface area contributed by atoms with E-state index in [4.69, 9.17) is 4.74 Å². The van der Waals surface area contributed by atoms with Crippen molar-refractivity contribution in [2.75, 3.05) is 19.5 Å². The molecule has 0 heterocycles. The first-order valence-electron chi connectivity index (χ1n) is 8.91. The van der Waals surface area contributed by atoms with Crippen LogP contribution in [0.25, 0.3) is 0 Å². The minimum atomic E-state index is -0.245. The topological polar surface area (TPSA) is 58.6 Å². The van der Waals surface area contributed by atoms with Gasteiger partial charge >= 0.3 is 0 Å². The van der Waals surface area contributed by atoms with Gasteiger partial charge in [-0.3, -0.25) is 9.59 Å². The lowest BCUT2D eigenvalue weighted by atomic mass is 10.1. The summed E-state index contributed by atoms with van der Waals surface area (Å²) in [5.41, 5.74) is 2.66. The molecule has 5 nitrogen and oxygen atoms in total. The van der Waals surface area contributed by atoms with Crippen LogP contribution in [-0.4, -0.2) is 30.9 Å². The van der Waals surface area contributed by atoms with Gasteiger partial charge in [0.25, 0.3) is 11.8 Å². The van der Waals surface area contributed by atoms with Gasteiger partial charge in [-0.05, 0) is 48.0 Å². The highest BCUT2D eigenvalue weighted by atomic mass is 16.5. The fourth-order valence-corrected chi connectivity index (χ4v) is 2.83. The molecule has 0 aliphatic rings. The molecule has 0 fully saturated rings. The average Bonchev–Trinajstić information content (AvgIpc) is 2.74. The van der Waals surface area contributed by atoms with Crippen LogP contribution < -0.4 is 10.1 Å². The van der Waals surface area contributed by atoms with E-state index in [0.29, 0.717) is 29.1 Å². The Morgan fingerprint density at radius 3 is 2.29 bits per heavy atom.